The first kappa shape index (κ1) is 18.3. The number of aromatic nitrogens is 4. The summed E-state index contributed by atoms with van der Waals surface area (Å²) in [6, 6.07) is 15.9. The van der Waals surface area contributed by atoms with Crippen molar-refractivity contribution in [3.63, 3.8) is 0 Å². The minimum absolute atomic E-state index is 0.0618. The third kappa shape index (κ3) is 3.28. The summed E-state index contributed by atoms with van der Waals surface area (Å²) in [6.45, 7) is 1.10. The fraction of sp³-hybridized carbons (Fsp3) is 0.174. The highest BCUT2D eigenvalue weighted by Gasteiger charge is 2.31. The molecule has 3 heterocycles. The van der Waals surface area contributed by atoms with E-state index in [9.17, 15) is 9.18 Å². The summed E-state index contributed by atoms with van der Waals surface area (Å²) in [5.74, 6) is -0.373. The van der Waals surface area contributed by atoms with E-state index in [0.29, 0.717) is 24.5 Å². The van der Waals surface area contributed by atoms with Crippen molar-refractivity contribution in [1.29, 1.82) is 0 Å². The van der Waals surface area contributed by atoms with Gasteiger partial charge in [-0.2, -0.15) is 10.2 Å². The van der Waals surface area contributed by atoms with Gasteiger partial charge in [-0.05, 0) is 47.0 Å². The van der Waals surface area contributed by atoms with Crippen molar-refractivity contribution in [1.82, 2.24) is 24.5 Å². The molecular weight excluding hydrogens is 381 g/mol. The van der Waals surface area contributed by atoms with E-state index in [2.05, 4.69) is 22.3 Å². The number of halogens is 1. The summed E-state index contributed by atoms with van der Waals surface area (Å²) in [4.78, 5) is 15.1. The predicted molar refractivity (Wildman–Crippen MR) is 110 cm³/mol. The average molecular weight is 401 g/mol. The quantitative estimate of drug-likeness (QED) is 0.528. The van der Waals surface area contributed by atoms with E-state index < -0.39 is 0 Å². The number of aryl methyl sites for hydroxylation is 1. The number of hydrogen-bond acceptors (Lipinski definition) is 3. The van der Waals surface area contributed by atoms with Crippen LogP contribution in [-0.2, 0) is 13.6 Å². The molecule has 0 N–H and O–H groups in total. The number of carbonyl (C=O) groups excluding carboxylic acids is 1. The van der Waals surface area contributed by atoms with E-state index in [4.69, 9.17) is 0 Å². The number of nitrogens with zero attached hydrogens (tertiary/aromatic N) is 5. The number of hydrogen-bond donors (Lipinski definition) is 0. The molecule has 0 aliphatic carbocycles. The Labute approximate surface area is 173 Å². The van der Waals surface area contributed by atoms with Crippen molar-refractivity contribution in [2.24, 2.45) is 7.05 Å². The molecule has 0 bridgehead atoms. The molecule has 0 radical (unpaired) electrons. The Kier molecular flexibility index (Phi) is 4.43. The highest BCUT2D eigenvalue weighted by Crippen LogP contribution is 2.33. The predicted octanol–water partition coefficient (Wildman–Crippen LogP) is 3.53. The Morgan fingerprint density at radius 1 is 1.10 bits per heavy atom. The van der Waals surface area contributed by atoms with Crippen LogP contribution in [0.25, 0.3) is 5.69 Å². The Balaban J connectivity index is 1.44. The largest absolute Gasteiger partial charge is 0.332 e. The topological polar surface area (TPSA) is 56.0 Å². The van der Waals surface area contributed by atoms with Gasteiger partial charge in [0.15, 0.2) is 5.69 Å². The van der Waals surface area contributed by atoms with Crippen LogP contribution < -0.4 is 0 Å². The lowest BCUT2D eigenvalue weighted by Gasteiger charge is -2.34. The summed E-state index contributed by atoms with van der Waals surface area (Å²) < 4.78 is 16.5. The molecule has 1 atom stereocenters. The number of fused-ring (bicyclic) bond motifs is 1. The third-order valence-corrected chi connectivity index (χ3v) is 5.51. The van der Waals surface area contributed by atoms with Crippen LogP contribution in [0, 0.1) is 5.82 Å². The molecule has 1 aliphatic rings. The Hall–Kier alpha value is -3.74. The van der Waals surface area contributed by atoms with Crippen LogP contribution in [0.2, 0.25) is 0 Å². The first-order valence-corrected chi connectivity index (χ1v) is 9.76. The zero-order chi connectivity index (χ0) is 20.7. The molecule has 1 unspecified atom stereocenters. The lowest BCUT2D eigenvalue weighted by molar-refractivity contribution is 0.0718. The standard InChI is InChI=1S/C23H20FN5O/c1-27-13-17(12-25-27)21-15-28(14-16-4-2-3-5-20(16)21)23(30)22-10-11-29(26-22)19-8-6-18(24)7-9-19/h2-13,21H,14-15H2,1H3. The van der Waals surface area contributed by atoms with Crippen molar-refractivity contribution in [3.05, 3.63) is 101 Å². The maximum Gasteiger partial charge on any atom is 0.274 e. The maximum absolute atomic E-state index is 13.3. The Bertz CT molecular complexity index is 1210. The normalized spacial score (nSPS) is 15.8. The van der Waals surface area contributed by atoms with Crippen molar-refractivity contribution in [3.8, 4) is 5.69 Å². The zero-order valence-electron chi connectivity index (χ0n) is 16.4. The molecule has 5 rings (SSSR count). The van der Waals surface area contributed by atoms with E-state index >= 15 is 0 Å². The number of rotatable bonds is 3. The summed E-state index contributed by atoms with van der Waals surface area (Å²) in [5.41, 5.74) is 4.51. The zero-order valence-corrected chi connectivity index (χ0v) is 16.4. The first-order valence-electron chi connectivity index (χ1n) is 9.76. The van der Waals surface area contributed by atoms with Crippen LogP contribution in [0.5, 0.6) is 0 Å². The van der Waals surface area contributed by atoms with Crippen LogP contribution >= 0.6 is 0 Å². The lowest BCUT2D eigenvalue weighted by Crippen LogP contribution is -2.38. The van der Waals surface area contributed by atoms with E-state index in [1.807, 2.05) is 36.5 Å². The summed E-state index contributed by atoms with van der Waals surface area (Å²) in [6.07, 6.45) is 5.58. The smallest absolute Gasteiger partial charge is 0.274 e. The van der Waals surface area contributed by atoms with Gasteiger partial charge in [-0.25, -0.2) is 9.07 Å². The fourth-order valence-electron chi connectivity index (χ4n) is 4.00. The van der Waals surface area contributed by atoms with Gasteiger partial charge in [0.2, 0.25) is 0 Å². The summed E-state index contributed by atoms with van der Waals surface area (Å²) >= 11 is 0. The summed E-state index contributed by atoms with van der Waals surface area (Å²) in [5, 5.41) is 8.74. The highest BCUT2D eigenvalue weighted by atomic mass is 19.1. The van der Waals surface area contributed by atoms with Crippen LogP contribution in [0.1, 0.15) is 33.1 Å². The van der Waals surface area contributed by atoms with E-state index in [1.165, 1.54) is 17.7 Å². The Morgan fingerprint density at radius 2 is 1.90 bits per heavy atom. The van der Waals surface area contributed by atoms with Crippen molar-refractivity contribution in [2.45, 2.75) is 12.5 Å². The molecule has 1 amide bonds. The molecule has 7 heteroatoms. The van der Waals surface area contributed by atoms with Crippen molar-refractivity contribution >= 4 is 5.91 Å². The van der Waals surface area contributed by atoms with E-state index in [1.54, 1.807) is 33.8 Å². The van der Waals surface area contributed by atoms with Crippen LogP contribution in [0.3, 0.4) is 0 Å². The van der Waals surface area contributed by atoms with Crippen LogP contribution in [-0.4, -0.2) is 36.9 Å². The fourth-order valence-corrected chi connectivity index (χ4v) is 4.00. The molecule has 6 nitrogen and oxygen atoms in total. The second-order valence-electron chi connectivity index (χ2n) is 7.51. The van der Waals surface area contributed by atoms with Gasteiger partial charge in [0.25, 0.3) is 5.91 Å². The first-order chi connectivity index (χ1) is 14.6. The molecular formula is C23H20FN5O. The number of benzene rings is 2. The molecule has 1 aliphatic heterocycles. The molecule has 0 saturated carbocycles. The van der Waals surface area contributed by atoms with Gasteiger partial charge in [-0.3, -0.25) is 9.48 Å². The second kappa shape index (κ2) is 7.26. The third-order valence-electron chi connectivity index (χ3n) is 5.51. The molecule has 0 fully saturated rings. The van der Waals surface area contributed by atoms with Gasteiger partial charge in [0.05, 0.1) is 11.9 Å². The van der Waals surface area contributed by atoms with Crippen LogP contribution in [0.4, 0.5) is 4.39 Å². The molecule has 2 aromatic heterocycles. The minimum Gasteiger partial charge on any atom is -0.332 e. The van der Waals surface area contributed by atoms with Gasteiger partial charge in [0.1, 0.15) is 5.82 Å². The molecule has 30 heavy (non-hydrogen) atoms. The van der Waals surface area contributed by atoms with Gasteiger partial charge < -0.3 is 4.90 Å². The van der Waals surface area contributed by atoms with Crippen molar-refractivity contribution < 1.29 is 9.18 Å². The second-order valence-corrected chi connectivity index (χ2v) is 7.51. The molecule has 0 saturated heterocycles. The molecule has 2 aromatic carbocycles. The number of amides is 1. The average Bonchev–Trinajstić information content (AvgIpc) is 3.42. The minimum atomic E-state index is -0.310. The Morgan fingerprint density at radius 3 is 2.67 bits per heavy atom. The van der Waals surface area contributed by atoms with Crippen LogP contribution in [0.15, 0.2) is 73.2 Å². The molecule has 150 valence electrons. The summed E-state index contributed by atoms with van der Waals surface area (Å²) in [7, 11) is 1.89. The van der Waals surface area contributed by atoms with Gasteiger partial charge in [-0.15, -0.1) is 0 Å². The van der Waals surface area contributed by atoms with E-state index in [-0.39, 0.29) is 17.6 Å². The highest BCUT2D eigenvalue weighted by molar-refractivity contribution is 5.92. The van der Waals surface area contributed by atoms with Gasteiger partial charge in [0, 0.05) is 38.4 Å². The monoisotopic (exact) mass is 401 g/mol. The van der Waals surface area contributed by atoms with Crippen molar-refractivity contribution in [2.75, 3.05) is 6.54 Å². The lowest BCUT2D eigenvalue weighted by atomic mass is 9.86. The maximum atomic E-state index is 13.3. The SMILES string of the molecule is Cn1cc(C2CN(C(=O)c3ccn(-c4ccc(F)cc4)n3)Cc3ccccc32)cn1. The molecule has 4 aromatic rings. The molecule has 0 spiro atoms. The van der Waals surface area contributed by atoms with E-state index in [0.717, 1.165) is 11.1 Å². The van der Waals surface area contributed by atoms with Gasteiger partial charge >= 0.3 is 0 Å². The van der Waals surface area contributed by atoms with Gasteiger partial charge in [-0.1, -0.05) is 24.3 Å². The number of carbonyl (C=O) groups is 1.